The lowest BCUT2D eigenvalue weighted by Crippen LogP contribution is -2.49. The van der Waals surface area contributed by atoms with Crippen LogP contribution in [0.4, 0.5) is 19.0 Å². The molecule has 1 unspecified atom stereocenters. The Morgan fingerprint density at radius 2 is 2.14 bits per heavy atom. The zero-order chi connectivity index (χ0) is 19.9. The lowest BCUT2D eigenvalue weighted by molar-refractivity contribution is -0.174. The van der Waals surface area contributed by atoms with Gasteiger partial charge in [-0.05, 0) is 44.2 Å². The van der Waals surface area contributed by atoms with E-state index >= 15 is 0 Å². The maximum absolute atomic E-state index is 13.6. The highest BCUT2D eigenvalue weighted by Gasteiger charge is 2.48. The third-order valence-corrected chi connectivity index (χ3v) is 5.54. The fourth-order valence-electron chi connectivity index (χ4n) is 4.21. The molecule has 1 fully saturated rings. The van der Waals surface area contributed by atoms with Gasteiger partial charge in [0.1, 0.15) is 11.5 Å². The van der Waals surface area contributed by atoms with Gasteiger partial charge in [0.25, 0.3) is 5.91 Å². The molecule has 2 aromatic heterocycles. The van der Waals surface area contributed by atoms with Crippen molar-refractivity contribution in [2.24, 2.45) is 5.92 Å². The summed E-state index contributed by atoms with van der Waals surface area (Å²) >= 11 is 0. The fourth-order valence-corrected chi connectivity index (χ4v) is 4.21. The number of carbonyl (C=O) groups is 1. The zero-order valence-electron chi connectivity index (χ0n) is 15.5. The quantitative estimate of drug-likeness (QED) is 0.849. The fraction of sp³-hybridized carbons (Fsp3) is 0.526. The number of amides is 1. The molecule has 28 heavy (non-hydrogen) atoms. The Hall–Kier alpha value is -2.58. The lowest BCUT2D eigenvalue weighted by atomic mass is 9.85. The molecule has 2 aromatic rings. The Kier molecular flexibility index (Phi) is 4.76. The van der Waals surface area contributed by atoms with Crippen LogP contribution in [0.25, 0.3) is 0 Å². The summed E-state index contributed by atoms with van der Waals surface area (Å²) in [5.74, 6) is 0.161. The molecule has 0 bridgehead atoms. The molecule has 9 heteroatoms. The molecule has 2 aliphatic heterocycles. The second-order valence-corrected chi connectivity index (χ2v) is 7.53. The summed E-state index contributed by atoms with van der Waals surface area (Å²) in [5.41, 5.74) is 0.912. The molecule has 1 N–H and O–H groups in total. The molecule has 0 aromatic carbocycles. The molecule has 4 heterocycles. The molecule has 150 valence electrons. The van der Waals surface area contributed by atoms with E-state index in [-0.39, 0.29) is 24.3 Å². The first-order valence-corrected chi connectivity index (χ1v) is 9.42. The molecular weight excluding hydrogens is 371 g/mol. The molecule has 0 radical (unpaired) electrons. The number of nitrogens with zero attached hydrogens (tertiary/aromatic N) is 4. The van der Waals surface area contributed by atoms with Crippen molar-refractivity contribution in [3.8, 4) is 0 Å². The van der Waals surface area contributed by atoms with E-state index in [4.69, 9.17) is 0 Å². The Balaban J connectivity index is 1.53. The summed E-state index contributed by atoms with van der Waals surface area (Å²) in [6, 6.07) is 4.78. The lowest BCUT2D eigenvalue weighted by Gasteiger charge is -2.41. The molecule has 0 aliphatic carbocycles. The molecule has 6 nitrogen and oxygen atoms in total. The Morgan fingerprint density at radius 3 is 2.86 bits per heavy atom. The Bertz CT molecular complexity index is 851. The number of alkyl halides is 3. The highest BCUT2D eigenvalue weighted by atomic mass is 19.4. The number of aromatic nitrogens is 3. The predicted molar refractivity (Wildman–Crippen MR) is 96.9 cm³/mol. The van der Waals surface area contributed by atoms with Crippen molar-refractivity contribution < 1.29 is 18.0 Å². The van der Waals surface area contributed by atoms with Gasteiger partial charge in [-0.1, -0.05) is 6.07 Å². The monoisotopic (exact) mass is 393 g/mol. The van der Waals surface area contributed by atoms with E-state index in [9.17, 15) is 18.0 Å². The van der Waals surface area contributed by atoms with Crippen LogP contribution in [-0.2, 0) is 0 Å². The predicted octanol–water partition coefficient (Wildman–Crippen LogP) is 3.43. The van der Waals surface area contributed by atoms with Crippen molar-refractivity contribution >= 4 is 11.7 Å². The van der Waals surface area contributed by atoms with Gasteiger partial charge in [0.15, 0.2) is 6.04 Å². The summed E-state index contributed by atoms with van der Waals surface area (Å²) < 4.78 is 42.0. The maximum atomic E-state index is 13.6. The third kappa shape index (κ3) is 3.57. The highest BCUT2D eigenvalue weighted by Crippen LogP contribution is 2.42. The standard InChI is InChI=1S/C19H22F3N5O/c1-12-9-17-24-15(10-16(19(20,21)22)27(17)25-12)13-5-4-8-26(11-13)18(28)14-6-2-3-7-23-14/h2-3,6-7,9,13,15-16,24H,4-5,8,10-11H2,1H3/t13?,15-,16+/m0/s1. The largest absolute Gasteiger partial charge is 0.410 e. The van der Waals surface area contributed by atoms with Crippen LogP contribution in [0, 0.1) is 12.8 Å². The zero-order valence-corrected chi connectivity index (χ0v) is 15.5. The SMILES string of the molecule is Cc1cc2n(n1)[C@@H](C(F)(F)F)C[C@@H](C1CCCN(C(=O)c3ccccn3)C1)N2. The van der Waals surface area contributed by atoms with E-state index in [0.29, 0.717) is 30.3 Å². The number of hydrogen-bond acceptors (Lipinski definition) is 4. The number of fused-ring (bicyclic) bond motifs is 1. The number of aryl methyl sites for hydroxylation is 1. The van der Waals surface area contributed by atoms with Gasteiger partial charge in [0, 0.05) is 31.4 Å². The van der Waals surface area contributed by atoms with Gasteiger partial charge in [-0.3, -0.25) is 9.78 Å². The molecular formula is C19H22F3N5O. The van der Waals surface area contributed by atoms with Crippen LogP contribution in [0.3, 0.4) is 0 Å². The van der Waals surface area contributed by atoms with E-state index in [2.05, 4.69) is 15.4 Å². The number of anilines is 1. The van der Waals surface area contributed by atoms with Gasteiger partial charge in [-0.15, -0.1) is 0 Å². The number of rotatable bonds is 2. The van der Waals surface area contributed by atoms with E-state index < -0.39 is 12.2 Å². The summed E-state index contributed by atoms with van der Waals surface area (Å²) in [6.45, 7) is 2.70. The van der Waals surface area contributed by atoms with Crippen LogP contribution in [0.1, 0.15) is 41.5 Å². The van der Waals surface area contributed by atoms with Crippen LogP contribution in [0.5, 0.6) is 0 Å². The number of hydrogen-bond donors (Lipinski definition) is 1. The van der Waals surface area contributed by atoms with E-state index in [1.807, 2.05) is 0 Å². The van der Waals surface area contributed by atoms with E-state index in [1.54, 1.807) is 42.3 Å². The topological polar surface area (TPSA) is 63.1 Å². The minimum atomic E-state index is -4.37. The summed E-state index contributed by atoms with van der Waals surface area (Å²) in [4.78, 5) is 18.5. The van der Waals surface area contributed by atoms with Crippen molar-refractivity contribution in [3.63, 3.8) is 0 Å². The first-order chi connectivity index (χ1) is 13.3. The molecule has 4 rings (SSSR count). The normalized spacial score (nSPS) is 25.1. The smallest absolute Gasteiger partial charge is 0.367 e. The Morgan fingerprint density at radius 1 is 1.32 bits per heavy atom. The van der Waals surface area contributed by atoms with E-state index in [1.165, 1.54) is 0 Å². The highest BCUT2D eigenvalue weighted by molar-refractivity contribution is 5.92. The third-order valence-electron chi connectivity index (χ3n) is 5.54. The van der Waals surface area contributed by atoms with Gasteiger partial charge < -0.3 is 10.2 Å². The van der Waals surface area contributed by atoms with Gasteiger partial charge in [0.05, 0.1) is 5.69 Å². The van der Waals surface area contributed by atoms with Crippen LogP contribution < -0.4 is 5.32 Å². The average Bonchev–Trinajstić information content (AvgIpc) is 3.06. The number of likely N-dealkylation sites (tertiary alicyclic amines) is 1. The molecule has 0 spiro atoms. The van der Waals surface area contributed by atoms with Crippen molar-refractivity contribution in [1.29, 1.82) is 0 Å². The van der Waals surface area contributed by atoms with Crippen molar-refractivity contribution in [1.82, 2.24) is 19.7 Å². The summed E-state index contributed by atoms with van der Waals surface area (Å²) in [7, 11) is 0. The van der Waals surface area contributed by atoms with Crippen LogP contribution in [0.15, 0.2) is 30.5 Å². The minimum absolute atomic E-state index is 0.0600. The molecule has 1 amide bonds. The molecule has 1 saturated heterocycles. The van der Waals surface area contributed by atoms with Crippen LogP contribution in [-0.4, -0.2) is 50.9 Å². The second-order valence-electron chi connectivity index (χ2n) is 7.53. The number of halogens is 3. The second kappa shape index (κ2) is 7.10. The number of carbonyl (C=O) groups excluding carboxylic acids is 1. The first kappa shape index (κ1) is 18.8. The average molecular weight is 393 g/mol. The summed E-state index contributed by atoms with van der Waals surface area (Å²) in [5, 5.41) is 7.26. The maximum Gasteiger partial charge on any atom is 0.410 e. The van der Waals surface area contributed by atoms with Crippen molar-refractivity contribution in [3.05, 3.63) is 41.9 Å². The first-order valence-electron chi connectivity index (χ1n) is 9.42. The van der Waals surface area contributed by atoms with Crippen LogP contribution >= 0.6 is 0 Å². The number of piperidine rings is 1. The Labute approximate surface area is 160 Å². The van der Waals surface area contributed by atoms with Gasteiger partial charge in [-0.2, -0.15) is 18.3 Å². The number of pyridine rings is 1. The van der Waals surface area contributed by atoms with Crippen LogP contribution in [0.2, 0.25) is 0 Å². The van der Waals surface area contributed by atoms with Gasteiger partial charge in [-0.25, -0.2) is 4.68 Å². The number of nitrogens with one attached hydrogen (secondary N) is 1. The van der Waals surface area contributed by atoms with Gasteiger partial charge >= 0.3 is 6.18 Å². The molecule has 0 saturated carbocycles. The minimum Gasteiger partial charge on any atom is -0.367 e. The van der Waals surface area contributed by atoms with Crippen molar-refractivity contribution in [2.75, 3.05) is 18.4 Å². The molecule has 2 aliphatic rings. The molecule has 3 atom stereocenters. The van der Waals surface area contributed by atoms with E-state index in [0.717, 1.165) is 17.5 Å². The van der Waals surface area contributed by atoms with Crippen molar-refractivity contribution in [2.45, 2.75) is 44.4 Å². The van der Waals surface area contributed by atoms with Gasteiger partial charge in [0.2, 0.25) is 0 Å². The summed E-state index contributed by atoms with van der Waals surface area (Å²) in [6.07, 6.45) is -1.36.